The molecule has 0 spiro atoms. The van der Waals surface area contributed by atoms with Crippen LogP contribution in [-0.4, -0.2) is 18.2 Å². The van der Waals surface area contributed by atoms with Crippen LogP contribution >= 0.6 is 0 Å². The van der Waals surface area contributed by atoms with E-state index in [2.05, 4.69) is 6.92 Å². The van der Waals surface area contributed by atoms with Crippen molar-refractivity contribution in [2.24, 2.45) is 11.8 Å². The Bertz CT molecular complexity index is 356. The van der Waals surface area contributed by atoms with Crippen LogP contribution in [0.25, 0.3) is 0 Å². The van der Waals surface area contributed by atoms with Crippen LogP contribution in [0.2, 0.25) is 0 Å². The van der Waals surface area contributed by atoms with Gasteiger partial charge in [0.25, 0.3) is 0 Å². The van der Waals surface area contributed by atoms with Gasteiger partial charge in [0, 0.05) is 0 Å². The fraction of sp³-hybridized carbons (Fsp3) is 0.500. The summed E-state index contributed by atoms with van der Waals surface area (Å²) in [4.78, 5) is 10.8. The van der Waals surface area contributed by atoms with Crippen LogP contribution in [0.3, 0.4) is 0 Å². The van der Waals surface area contributed by atoms with Crippen molar-refractivity contribution in [3.05, 3.63) is 29.8 Å². The SMILES string of the molecule is COc1ccc(CC(C)CC(C)C(=O)O)cc1. The summed E-state index contributed by atoms with van der Waals surface area (Å²) in [6.45, 7) is 3.84. The van der Waals surface area contributed by atoms with Crippen molar-refractivity contribution in [3.63, 3.8) is 0 Å². The van der Waals surface area contributed by atoms with E-state index in [4.69, 9.17) is 9.84 Å². The molecule has 1 aromatic carbocycles. The van der Waals surface area contributed by atoms with Crippen molar-refractivity contribution < 1.29 is 14.6 Å². The highest BCUT2D eigenvalue weighted by Gasteiger charge is 2.15. The molecule has 1 aromatic rings. The number of hydrogen-bond acceptors (Lipinski definition) is 2. The second-order valence-electron chi connectivity index (χ2n) is 4.63. The monoisotopic (exact) mass is 236 g/mol. The van der Waals surface area contributed by atoms with Crippen LogP contribution < -0.4 is 4.74 Å². The molecular formula is C14H20O3. The maximum atomic E-state index is 10.8. The van der Waals surface area contributed by atoms with Crippen molar-refractivity contribution in [1.82, 2.24) is 0 Å². The molecule has 0 heterocycles. The Balaban J connectivity index is 2.49. The molecule has 17 heavy (non-hydrogen) atoms. The zero-order valence-electron chi connectivity index (χ0n) is 10.6. The average Bonchev–Trinajstić information content (AvgIpc) is 2.29. The normalized spacial score (nSPS) is 14.1. The first-order valence-corrected chi connectivity index (χ1v) is 5.88. The van der Waals surface area contributed by atoms with Gasteiger partial charge in [0.05, 0.1) is 13.0 Å². The fourth-order valence-electron chi connectivity index (χ4n) is 1.95. The first-order valence-electron chi connectivity index (χ1n) is 5.88. The molecule has 0 bridgehead atoms. The molecule has 0 aliphatic rings. The molecule has 0 aliphatic carbocycles. The number of ether oxygens (including phenoxy) is 1. The van der Waals surface area contributed by atoms with Gasteiger partial charge in [-0.3, -0.25) is 4.79 Å². The van der Waals surface area contributed by atoms with Crippen molar-refractivity contribution in [2.75, 3.05) is 7.11 Å². The van der Waals surface area contributed by atoms with E-state index in [9.17, 15) is 4.79 Å². The lowest BCUT2D eigenvalue weighted by molar-refractivity contribution is -0.141. The van der Waals surface area contributed by atoms with E-state index in [0.29, 0.717) is 12.3 Å². The minimum atomic E-state index is -0.716. The van der Waals surface area contributed by atoms with Crippen LogP contribution in [0.15, 0.2) is 24.3 Å². The molecule has 0 amide bonds. The highest BCUT2D eigenvalue weighted by atomic mass is 16.5. The number of aliphatic carboxylic acids is 1. The standard InChI is InChI=1S/C14H20O3/c1-10(8-11(2)14(15)16)9-12-4-6-13(17-3)7-5-12/h4-7,10-11H,8-9H2,1-3H3,(H,15,16). The Morgan fingerprint density at radius 3 is 2.35 bits per heavy atom. The van der Waals surface area contributed by atoms with Crippen LogP contribution in [0, 0.1) is 11.8 Å². The number of rotatable bonds is 6. The van der Waals surface area contributed by atoms with Gasteiger partial charge in [0.1, 0.15) is 5.75 Å². The molecule has 1 N–H and O–H groups in total. The van der Waals surface area contributed by atoms with E-state index in [0.717, 1.165) is 12.2 Å². The van der Waals surface area contributed by atoms with Gasteiger partial charge in [-0.25, -0.2) is 0 Å². The number of methoxy groups -OCH3 is 1. The van der Waals surface area contributed by atoms with E-state index in [1.54, 1.807) is 14.0 Å². The zero-order chi connectivity index (χ0) is 12.8. The third kappa shape index (κ3) is 4.47. The van der Waals surface area contributed by atoms with E-state index in [1.165, 1.54) is 5.56 Å². The minimum Gasteiger partial charge on any atom is -0.497 e. The lowest BCUT2D eigenvalue weighted by Crippen LogP contribution is -2.14. The summed E-state index contributed by atoms with van der Waals surface area (Å²) in [5.41, 5.74) is 1.22. The van der Waals surface area contributed by atoms with Gasteiger partial charge in [-0.1, -0.05) is 26.0 Å². The van der Waals surface area contributed by atoms with Gasteiger partial charge in [0.15, 0.2) is 0 Å². The second kappa shape index (κ2) is 6.28. The highest BCUT2D eigenvalue weighted by molar-refractivity contribution is 5.69. The quantitative estimate of drug-likeness (QED) is 0.826. The van der Waals surface area contributed by atoms with Gasteiger partial charge in [-0.15, -0.1) is 0 Å². The number of hydrogen-bond donors (Lipinski definition) is 1. The maximum absolute atomic E-state index is 10.8. The number of carboxylic acid groups (broad SMARTS) is 1. The second-order valence-corrected chi connectivity index (χ2v) is 4.63. The number of carboxylic acids is 1. The third-order valence-corrected chi connectivity index (χ3v) is 2.92. The molecule has 0 saturated heterocycles. The molecule has 2 unspecified atom stereocenters. The Labute approximate surface area is 102 Å². The smallest absolute Gasteiger partial charge is 0.306 e. The zero-order valence-corrected chi connectivity index (χ0v) is 10.6. The molecule has 0 aromatic heterocycles. The van der Waals surface area contributed by atoms with E-state index in [1.807, 2.05) is 24.3 Å². The van der Waals surface area contributed by atoms with Crippen LogP contribution in [-0.2, 0) is 11.2 Å². The van der Waals surface area contributed by atoms with Crippen molar-refractivity contribution >= 4 is 5.97 Å². The molecule has 1 rings (SSSR count). The molecule has 0 radical (unpaired) electrons. The van der Waals surface area contributed by atoms with Crippen LogP contribution in [0.1, 0.15) is 25.8 Å². The topological polar surface area (TPSA) is 46.5 Å². The summed E-state index contributed by atoms with van der Waals surface area (Å²) >= 11 is 0. The average molecular weight is 236 g/mol. The summed E-state index contributed by atoms with van der Waals surface area (Å²) in [6.07, 6.45) is 1.61. The highest BCUT2D eigenvalue weighted by Crippen LogP contribution is 2.19. The van der Waals surface area contributed by atoms with Crippen molar-refractivity contribution in [2.45, 2.75) is 26.7 Å². The summed E-state index contributed by atoms with van der Waals surface area (Å²) < 4.78 is 5.09. The fourth-order valence-corrected chi connectivity index (χ4v) is 1.95. The van der Waals surface area contributed by atoms with E-state index < -0.39 is 5.97 Å². The number of carbonyl (C=O) groups is 1. The first kappa shape index (κ1) is 13.6. The maximum Gasteiger partial charge on any atom is 0.306 e. The van der Waals surface area contributed by atoms with Crippen molar-refractivity contribution in [3.8, 4) is 5.75 Å². The predicted molar refractivity (Wildman–Crippen MR) is 67.3 cm³/mol. The van der Waals surface area contributed by atoms with E-state index >= 15 is 0 Å². The Morgan fingerprint density at radius 2 is 1.88 bits per heavy atom. The predicted octanol–water partition coefficient (Wildman–Crippen LogP) is 2.98. The molecule has 94 valence electrons. The van der Waals surface area contributed by atoms with Crippen LogP contribution in [0.5, 0.6) is 5.75 Å². The lowest BCUT2D eigenvalue weighted by Gasteiger charge is -2.14. The number of benzene rings is 1. The molecule has 3 heteroatoms. The van der Waals surface area contributed by atoms with E-state index in [-0.39, 0.29) is 5.92 Å². The Morgan fingerprint density at radius 1 is 1.29 bits per heavy atom. The first-order chi connectivity index (χ1) is 8.02. The van der Waals surface area contributed by atoms with Crippen molar-refractivity contribution in [1.29, 1.82) is 0 Å². The molecule has 0 fully saturated rings. The van der Waals surface area contributed by atoms with Gasteiger partial charge in [-0.2, -0.15) is 0 Å². The van der Waals surface area contributed by atoms with Gasteiger partial charge >= 0.3 is 5.97 Å². The molecule has 3 nitrogen and oxygen atoms in total. The minimum absolute atomic E-state index is 0.275. The molecule has 0 aliphatic heterocycles. The molecule has 2 atom stereocenters. The summed E-state index contributed by atoms with van der Waals surface area (Å²) in [6, 6.07) is 7.92. The molecule has 0 saturated carbocycles. The van der Waals surface area contributed by atoms with Gasteiger partial charge in [-0.05, 0) is 36.5 Å². The summed E-state index contributed by atoms with van der Waals surface area (Å²) in [7, 11) is 1.65. The summed E-state index contributed by atoms with van der Waals surface area (Å²) in [5, 5.41) is 8.85. The molecular weight excluding hydrogens is 216 g/mol. The lowest BCUT2D eigenvalue weighted by atomic mass is 9.92. The third-order valence-electron chi connectivity index (χ3n) is 2.92. The van der Waals surface area contributed by atoms with Crippen LogP contribution in [0.4, 0.5) is 0 Å². The Hall–Kier alpha value is -1.51. The largest absolute Gasteiger partial charge is 0.497 e. The van der Waals surface area contributed by atoms with Gasteiger partial charge in [0.2, 0.25) is 0 Å². The summed E-state index contributed by atoms with van der Waals surface area (Å²) in [5.74, 6) is 0.227. The van der Waals surface area contributed by atoms with Gasteiger partial charge < -0.3 is 9.84 Å². The Kier molecular flexibility index (Phi) is 5.01.